The standard InChI is InChI=1S/C14H11N5S/c15-7-12-2-3-13(20-12)9-17-11-1-4-14(18-8-11)19-6-5-16-10-19/h1-6,8,10,17H,9H2. The minimum atomic E-state index is 0.693. The minimum absolute atomic E-state index is 0.693. The van der Waals surface area contributed by atoms with Crippen molar-refractivity contribution in [3.63, 3.8) is 0 Å². The zero-order chi connectivity index (χ0) is 13.8. The summed E-state index contributed by atoms with van der Waals surface area (Å²) in [4.78, 5) is 10.2. The van der Waals surface area contributed by atoms with Gasteiger partial charge in [-0.3, -0.25) is 4.57 Å². The van der Waals surface area contributed by atoms with Gasteiger partial charge in [0, 0.05) is 23.8 Å². The van der Waals surface area contributed by atoms with Gasteiger partial charge in [-0.1, -0.05) is 0 Å². The topological polar surface area (TPSA) is 66.5 Å². The van der Waals surface area contributed by atoms with Gasteiger partial charge in [0.1, 0.15) is 23.1 Å². The third kappa shape index (κ3) is 2.68. The van der Waals surface area contributed by atoms with Gasteiger partial charge in [0.05, 0.1) is 11.9 Å². The summed E-state index contributed by atoms with van der Waals surface area (Å²) in [5.41, 5.74) is 0.945. The predicted octanol–water partition coefficient (Wildman–Crippen LogP) is 2.81. The van der Waals surface area contributed by atoms with Crippen LogP contribution in [0.2, 0.25) is 0 Å². The minimum Gasteiger partial charge on any atom is -0.379 e. The van der Waals surface area contributed by atoms with Crippen LogP contribution in [-0.4, -0.2) is 14.5 Å². The fourth-order valence-electron chi connectivity index (χ4n) is 1.76. The number of hydrogen-bond donors (Lipinski definition) is 1. The van der Waals surface area contributed by atoms with Crippen LogP contribution in [0, 0.1) is 11.3 Å². The van der Waals surface area contributed by atoms with Gasteiger partial charge in [0.15, 0.2) is 0 Å². The van der Waals surface area contributed by atoms with Gasteiger partial charge in [0.25, 0.3) is 0 Å². The summed E-state index contributed by atoms with van der Waals surface area (Å²) in [5.74, 6) is 0.830. The largest absolute Gasteiger partial charge is 0.379 e. The van der Waals surface area contributed by atoms with E-state index in [1.807, 2.05) is 35.0 Å². The van der Waals surface area contributed by atoms with Crippen molar-refractivity contribution in [3.05, 3.63) is 58.9 Å². The molecule has 0 saturated heterocycles. The van der Waals surface area contributed by atoms with Crippen LogP contribution in [0.1, 0.15) is 9.75 Å². The molecule has 5 nitrogen and oxygen atoms in total. The monoisotopic (exact) mass is 281 g/mol. The first-order valence-corrected chi connectivity index (χ1v) is 6.84. The van der Waals surface area contributed by atoms with E-state index in [4.69, 9.17) is 5.26 Å². The Hall–Kier alpha value is -2.65. The average Bonchev–Trinajstić information content (AvgIpc) is 3.17. The molecule has 3 heterocycles. The number of imidazole rings is 1. The second-order valence-corrected chi connectivity index (χ2v) is 5.27. The molecular weight excluding hydrogens is 270 g/mol. The van der Waals surface area contributed by atoms with E-state index in [9.17, 15) is 0 Å². The van der Waals surface area contributed by atoms with Crippen LogP contribution >= 0.6 is 11.3 Å². The first-order chi connectivity index (χ1) is 9.85. The van der Waals surface area contributed by atoms with E-state index in [2.05, 4.69) is 21.4 Å². The van der Waals surface area contributed by atoms with E-state index in [0.717, 1.165) is 21.3 Å². The maximum atomic E-state index is 8.78. The molecule has 0 amide bonds. The summed E-state index contributed by atoms with van der Waals surface area (Å²) in [6.07, 6.45) is 7.07. The number of nitrogens with zero attached hydrogens (tertiary/aromatic N) is 4. The van der Waals surface area contributed by atoms with E-state index in [0.29, 0.717) is 6.54 Å². The van der Waals surface area contributed by atoms with Crippen LogP contribution in [0.5, 0.6) is 0 Å². The smallest absolute Gasteiger partial charge is 0.137 e. The molecule has 0 spiro atoms. The molecule has 3 aromatic heterocycles. The molecule has 20 heavy (non-hydrogen) atoms. The third-order valence-corrected chi connectivity index (χ3v) is 3.75. The molecule has 0 unspecified atom stereocenters. The van der Waals surface area contributed by atoms with Gasteiger partial charge in [-0.05, 0) is 24.3 Å². The van der Waals surface area contributed by atoms with E-state index < -0.39 is 0 Å². The lowest BCUT2D eigenvalue weighted by Gasteiger charge is -2.06. The van der Waals surface area contributed by atoms with Crippen molar-refractivity contribution in [3.8, 4) is 11.9 Å². The summed E-state index contributed by atoms with van der Waals surface area (Å²) in [5, 5.41) is 12.1. The summed E-state index contributed by atoms with van der Waals surface area (Å²) in [7, 11) is 0. The number of anilines is 1. The Labute approximate surface area is 120 Å². The molecule has 0 aromatic carbocycles. The second-order valence-electron chi connectivity index (χ2n) is 4.11. The lowest BCUT2D eigenvalue weighted by atomic mass is 10.3. The van der Waals surface area contributed by atoms with Gasteiger partial charge in [-0.25, -0.2) is 9.97 Å². The molecule has 6 heteroatoms. The Morgan fingerprint density at radius 3 is 2.90 bits per heavy atom. The average molecular weight is 281 g/mol. The van der Waals surface area contributed by atoms with Crippen LogP contribution in [0.15, 0.2) is 49.2 Å². The summed E-state index contributed by atoms with van der Waals surface area (Å²) >= 11 is 1.50. The Morgan fingerprint density at radius 1 is 1.30 bits per heavy atom. The number of hydrogen-bond acceptors (Lipinski definition) is 5. The molecule has 3 rings (SSSR count). The Morgan fingerprint density at radius 2 is 2.25 bits per heavy atom. The van der Waals surface area contributed by atoms with Gasteiger partial charge in [-0.15, -0.1) is 11.3 Å². The molecule has 1 N–H and O–H groups in total. The third-order valence-electron chi connectivity index (χ3n) is 2.76. The van der Waals surface area contributed by atoms with Crippen molar-refractivity contribution in [2.24, 2.45) is 0 Å². The quantitative estimate of drug-likeness (QED) is 0.798. The van der Waals surface area contributed by atoms with Crippen molar-refractivity contribution in [2.75, 3.05) is 5.32 Å². The van der Waals surface area contributed by atoms with Gasteiger partial charge in [0.2, 0.25) is 0 Å². The highest BCUT2D eigenvalue weighted by Gasteiger charge is 2.01. The fraction of sp³-hybridized carbons (Fsp3) is 0.0714. The van der Waals surface area contributed by atoms with Crippen molar-refractivity contribution in [2.45, 2.75) is 6.54 Å². The van der Waals surface area contributed by atoms with Crippen molar-refractivity contribution >= 4 is 17.0 Å². The number of nitrogens with one attached hydrogen (secondary N) is 1. The number of thiophene rings is 1. The molecule has 0 atom stereocenters. The van der Waals surface area contributed by atoms with E-state index in [-0.39, 0.29) is 0 Å². The molecule has 0 aliphatic heterocycles. The number of nitriles is 1. The van der Waals surface area contributed by atoms with Crippen LogP contribution in [0.25, 0.3) is 5.82 Å². The zero-order valence-electron chi connectivity index (χ0n) is 10.5. The van der Waals surface area contributed by atoms with Crippen LogP contribution in [0.3, 0.4) is 0 Å². The normalized spacial score (nSPS) is 10.2. The molecule has 0 aliphatic carbocycles. The number of pyridine rings is 1. The lowest BCUT2D eigenvalue weighted by Crippen LogP contribution is -1.99. The molecule has 0 aliphatic rings. The number of aromatic nitrogens is 3. The van der Waals surface area contributed by atoms with E-state index >= 15 is 0 Å². The molecule has 0 fully saturated rings. The Bertz CT molecular complexity index is 722. The van der Waals surface area contributed by atoms with Gasteiger partial charge < -0.3 is 5.32 Å². The maximum Gasteiger partial charge on any atom is 0.137 e. The van der Waals surface area contributed by atoms with Crippen LogP contribution in [0.4, 0.5) is 5.69 Å². The Kier molecular flexibility index (Phi) is 3.44. The molecule has 0 radical (unpaired) electrons. The highest BCUT2D eigenvalue weighted by atomic mass is 32.1. The van der Waals surface area contributed by atoms with E-state index in [1.54, 1.807) is 18.7 Å². The van der Waals surface area contributed by atoms with E-state index in [1.165, 1.54) is 11.3 Å². The summed E-state index contributed by atoms with van der Waals surface area (Å²) in [6, 6.07) is 9.84. The SMILES string of the molecule is N#Cc1ccc(CNc2ccc(-n3ccnc3)nc2)s1. The highest BCUT2D eigenvalue weighted by molar-refractivity contribution is 7.12. The molecule has 98 valence electrons. The van der Waals surface area contributed by atoms with Gasteiger partial charge >= 0.3 is 0 Å². The molecule has 0 bridgehead atoms. The summed E-state index contributed by atoms with van der Waals surface area (Å²) < 4.78 is 1.85. The molecule has 3 aromatic rings. The first kappa shape index (κ1) is 12.4. The Balaban J connectivity index is 1.65. The van der Waals surface area contributed by atoms with Crippen molar-refractivity contribution in [1.82, 2.24) is 14.5 Å². The second kappa shape index (κ2) is 5.55. The van der Waals surface area contributed by atoms with Crippen molar-refractivity contribution < 1.29 is 0 Å². The predicted molar refractivity (Wildman–Crippen MR) is 77.7 cm³/mol. The first-order valence-electron chi connectivity index (χ1n) is 6.02. The van der Waals surface area contributed by atoms with Crippen LogP contribution < -0.4 is 5.32 Å². The number of rotatable bonds is 4. The molecule has 0 saturated carbocycles. The maximum absolute atomic E-state index is 8.78. The lowest BCUT2D eigenvalue weighted by molar-refractivity contribution is 0.991. The highest BCUT2D eigenvalue weighted by Crippen LogP contribution is 2.17. The summed E-state index contributed by atoms with van der Waals surface area (Å²) in [6.45, 7) is 0.693. The molecular formula is C14H11N5S. The van der Waals surface area contributed by atoms with Gasteiger partial charge in [-0.2, -0.15) is 5.26 Å². The van der Waals surface area contributed by atoms with Crippen molar-refractivity contribution in [1.29, 1.82) is 5.26 Å². The zero-order valence-corrected chi connectivity index (χ0v) is 11.3. The fourth-order valence-corrected chi connectivity index (χ4v) is 2.50. The van der Waals surface area contributed by atoms with Crippen LogP contribution in [-0.2, 0) is 6.54 Å².